The average Bonchev–Trinajstić information content (AvgIpc) is 2.39. The van der Waals surface area contributed by atoms with Crippen LogP contribution in [-0.2, 0) is 11.2 Å². The van der Waals surface area contributed by atoms with Gasteiger partial charge in [0.05, 0.1) is 12.1 Å². The Morgan fingerprint density at radius 1 is 1.53 bits per heavy atom. The molecule has 2 N–H and O–H groups in total. The molecule has 1 rings (SSSR count). The zero-order chi connectivity index (χ0) is 14.3. The number of carbonyl (C=O) groups is 1. The second-order valence-corrected chi connectivity index (χ2v) is 5.39. The lowest BCUT2D eigenvalue weighted by atomic mass is 9.93. The topological polar surface area (TPSA) is 49.3 Å². The molecule has 1 unspecified atom stereocenters. The largest absolute Gasteiger partial charge is 0.394 e. The zero-order valence-corrected chi connectivity index (χ0v) is 12.3. The van der Waals surface area contributed by atoms with E-state index in [1.807, 2.05) is 24.3 Å². The van der Waals surface area contributed by atoms with Gasteiger partial charge in [-0.25, -0.2) is 4.39 Å². The van der Waals surface area contributed by atoms with Gasteiger partial charge < -0.3 is 10.4 Å². The van der Waals surface area contributed by atoms with E-state index in [0.717, 1.165) is 22.2 Å². The highest BCUT2D eigenvalue weighted by atomic mass is 79.9. The summed E-state index contributed by atoms with van der Waals surface area (Å²) < 4.78 is 12.9. The number of rotatable bonds is 6. The third-order valence-corrected chi connectivity index (χ3v) is 3.44. The number of hydrogen-bond acceptors (Lipinski definition) is 2. The summed E-state index contributed by atoms with van der Waals surface area (Å²) in [6.45, 7) is 0.852. The van der Waals surface area contributed by atoms with Crippen molar-refractivity contribution in [3.05, 3.63) is 46.5 Å². The Balaban J connectivity index is 2.78. The normalized spacial score (nSPS) is 14.3. The molecular weight excluding hydrogens is 313 g/mol. The molecule has 104 valence electrons. The molecule has 0 aromatic heterocycles. The van der Waals surface area contributed by atoms with Crippen molar-refractivity contribution in [2.45, 2.75) is 18.9 Å². The van der Waals surface area contributed by atoms with E-state index < -0.39 is 18.1 Å². The number of allylic oxidation sites excluding steroid dienone is 1. The Labute approximate surface area is 120 Å². The Morgan fingerprint density at radius 3 is 2.79 bits per heavy atom. The van der Waals surface area contributed by atoms with Crippen LogP contribution in [0.2, 0.25) is 0 Å². The lowest BCUT2D eigenvalue weighted by Crippen LogP contribution is -2.50. The molecular formula is C14H17BrFNO2. The summed E-state index contributed by atoms with van der Waals surface area (Å²) in [4.78, 5) is 11.6. The molecule has 0 saturated carbocycles. The van der Waals surface area contributed by atoms with E-state index in [9.17, 15) is 14.3 Å². The molecule has 1 aromatic rings. The number of amides is 1. The average molecular weight is 330 g/mol. The highest BCUT2D eigenvalue weighted by Gasteiger charge is 2.25. The zero-order valence-electron chi connectivity index (χ0n) is 10.7. The van der Waals surface area contributed by atoms with E-state index in [1.165, 1.54) is 0 Å². The lowest BCUT2D eigenvalue weighted by Gasteiger charge is -2.28. The predicted molar refractivity (Wildman–Crippen MR) is 76.6 cm³/mol. The van der Waals surface area contributed by atoms with Gasteiger partial charge in [-0.3, -0.25) is 4.79 Å². The number of carbonyl (C=O) groups excluding carboxylic acids is 1. The molecule has 0 saturated heterocycles. The molecule has 3 nitrogen and oxygen atoms in total. The predicted octanol–water partition coefficient (Wildman–Crippen LogP) is 2.38. The second kappa shape index (κ2) is 7.40. The van der Waals surface area contributed by atoms with Crippen LogP contribution in [0.25, 0.3) is 0 Å². The fourth-order valence-electron chi connectivity index (χ4n) is 1.69. The first-order valence-electron chi connectivity index (χ1n) is 5.89. The summed E-state index contributed by atoms with van der Waals surface area (Å²) >= 11 is 3.43. The van der Waals surface area contributed by atoms with Crippen molar-refractivity contribution in [1.82, 2.24) is 5.32 Å². The highest BCUT2D eigenvalue weighted by Crippen LogP contribution is 2.21. The van der Waals surface area contributed by atoms with Gasteiger partial charge in [0.15, 0.2) is 0 Å². The maximum atomic E-state index is 11.9. The molecule has 1 atom stereocenters. The van der Waals surface area contributed by atoms with E-state index in [2.05, 4.69) is 21.2 Å². The van der Waals surface area contributed by atoms with E-state index in [1.54, 1.807) is 6.92 Å². The molecule has 0 aliphatic rings. The van der Waals surface area contributed by atoms with Crippen LogP contribution in [0.3, 0.4) is 0 Å². The van der Waals surface area contributed by atoms with Gasteiger partial charge in [-0.15, -0.1) is 0 Å². The number of alkyl halides is 1. The third-order valence-electron chi connectivity index (χ3n) is 2.67. The quantitative estimate of drug-likeness (QED) is 0.787. The first kappa shape index (κ1) is 15.9. The van der Waals surface area contributed by atoms with Crippen molar-refractivity contribution < 1.29 is 14.3 Å². The molecule has 0 radical (unpaired) electrons. The van der Waals surface area contributed by atoms with Crippen molar-refractivity contribution >= 4 is 21.8 Å². The van der Waals surface area contributed by atoms with Crippen LogP contribution >= 0.6 is 15.9 Å². The molecule has 5 heteroatoms. The summed E-state index contributed by atoms with van der Waals surface area (Å²) in [5.74, 6) is -0.416. The summed E-state index contributed by atoms with van der Waals surface area (Å²) in [5, 5.41) is 12.2. The van der Waals surface area contributed by atoms with Gasteiger partial charge in [-0.05, 0) is 31.1 Å². The van der Waals surface area contributed by atoms with Crippen LogP contribution in [0.1, 0.15) is 12.5 Å². The van der Waals surface area contributed by atoms with Crippen molar-refractivity contribution in [2.24, 2.45) is 0 Å². The van der Waals surface area contributed by atoms with Gasteiger partial charge in [-0.1, -0.05) is 34.1 Å². The van der Waals surface area contributed by atoms with Crippen molar-refractivity contribution in [2.75, 3.05) is 13.3 Å². The first-order valence-corrected chi connectivity index (χ1v) is 6.69. The number of aliphatic hydroxyl groups excluding tert-OH is 1. The minimum atomic E-state index is -0.790. The number of nitrogens with one attached hydrogen (secondary N) is 1. The van der Waals surface area contributed by atoms with Gasteiger partial charge in [0.2, 0.25) is 5.91 Å². The van der Waals surface area contributed by atoms with E-state index in [-0.39, 0.29) is 6.61 Å². The van der Waals surface area contributed by atoms with Crippen molar-refractivity contribution in [3.63, 3.8) is 0 Å². The maximum Gasteiger partial charge on any atom is 0.244 e. The van der Waals surface area contributed by atoms with Crippen LogP contribution < -0.4 is 5.32 Å². The van der Waals surface area contributed by atoms with Gasteiger partial charge >= 0.3 is 0 Å². The Kier molecular flexibility index (Phi) is 6.18. The Hall–Kier alpha value is -1.20. The number of halogens is 2. The Morgan fingerprint density at radius 2 is 2.21 bits per heavy atom. The van der Waals surface area contributed by atoms with Crippen LogP contribution in [-0.4, -0.2) is 29.8 Å². The summed E-state index contributed by atoms with van der Waals surface area (Å²) in [7, 11) is 0. The molecule has 0 fully saturated rings. The second-order valence-electron chi connectivity index (χ2n) is 4.53. The van der Waals surface area contributed by atoms with Crippen LogP contribution in [0.15, 0.2) is 40.9 Å². The fourth-order valence-corrected chi connectivity index (χ4v) is 2.12. The molecule has 1 aromatic carbocycles. The summed E-state index contributed by atoms with van der Waals surface area (Å²) in [6.07, 6.45) is 2.74. The van der Waals surface area contributed by atoms with E-state index in [4.69, 9.17) is 0 Å². The molecule has 0 aliphatic heterocycles. The number of benzene rings is 1. The summed E-state index contributed by atoms with van der Waals surface area (Å²) in [6, 6.07) is 7.61. The van der Waals surface area contributed by atoms with Gasteiger partial charge in [0.25, 0.3) is 0 Å². The van der Waals surface area contributed by atoms with Crippen LogP contribution in [0.4, 0.5) is 4.39 Å². The van der Waals surface area contributed by atoms with E-state index >= 15 is 0 Å². The lowest BCUT2D eigenvalue weighted by molar-refractivity contribution is -0.118. The molecule has 0 spiro atoms. The summed E-state index contributed by atoms with van der Waals surface area (Å²) in [5.41, 5.74) is 0.190. The molecule has 1 amide bonds. The van der Waals surface area contributed by atoms with Crippen LogP contribution in [0.5, 0.6) is 0 Å². The standard InChI is InChI=1S/C14H17BrFNO2/c1-14(10-18,17-13(19)7-4-8-16)9-11-5-2-3-6-12(11)15/h2-7,18H,8-10H2,1H3,(H,17,19)/b7-4+. The van der Waals surface area contributed by atoms with Gasteiger partial charge in [0, 0.05) is 10.5 Å². The van der Waals surface area contributed by atoms with Gasteiger partial charge in [0.1, 0.15) is 6.67 Å². The minimum absolute atomic E-state index is 0.205. The van der Waals surface area contributed by atoms with Gasteiger partial charge in [-0.2, -0.15) is 0 Å². The number of hydrogen-bond donors (Lipinski definition) is 2. The monoisotopic (exact) mass is 329 g/mol. The van der Waals surface area contributed by atoms with Crippen LogP contribution in [0, 0.1) is 0 Å². The van der Waals surface area contributed by atoms with Crippen molar-refractivity contribution in [1.29, 1.82) is 0 Å². The van der Waals surface area contributed by atoms with E-state index in [0.29, 0.717) is 6.42 Å². The first-order chi connectivity index (χ1) is 9.00. The minimum Gasteiger partial charge on any atom is -0.394 e. The highest BCUT2D eigenvalue weighted by molar-refractivity contribution is 9.10. The molecule has 0 aliphatic carbocycles. The third kappa shape index (κ3) is 5.12. The maximum absolute atomic E-state index is 11.9. The Bertz CT molecular complexity index is 465. The fraction of sp³-hybridized carbons (Fsp3) is 0.357. The molecule has 0 heterocycles. The smallest absolute Gasteiger partial charge is 0.244 e. The SMILES string of the molecule is CC(CO)(Cc1ccccc1Br)NC(=O)/C=C/CF. The van der Waals surface area contributed by atoms with Crippen molar-refractivity contribution in [3.8, 4) is 0 Å². The number of aliphatic hydroxyl groups is 1. The molecule has 0 bridgehead atoms. The molecule has 19 heavy (non-hydrogen) atoms.